The largest absolute Gasteiger partial charge is 0.494 e. The SMILES string of the molecule is Cc1ccc(OCC2(O)COCCN(Cc3cccc(OCCCn4ccnc4)c3)C2)cc1. The molecule has 1 fully saturated rings. The first-order valence-corrected chi connectivity index (χ1v) is 11.5. The molecule has 0 radical (unpaired) electrons. The van der Waals surface area contributed by atoms with Crippen molar-refractivity contribution in [2.24, 2.45) is 0 Å². The van der Waals surface area contributed by atoms with E-state index in [9.17, 15) is 5.11 Å². The lowest BCUT2D eigenvalue weighted by molar-refractivity contribution is -0.0646. The van der Waals surface area contributed by atoms with E-state index < -0.39 is 5.60 Å². The summed E-state index contributed by atoms with van der Waals surface area (Å²) >= 11 is 0. The highest BCUT2D eigenvalue weighted by molar-refractivity contribution is 5.29. The van der Waals surface area contributed by atoms with Gasteiger partial charge in [0.25, 0.3) is 0 Å². The third-order valence-electron chi connectivity index (χ3n) is 5.66. The van der Waals surface area contributed by atoms with E-state index in [1.165, 1.54) is 5.56 Å². The van der Waals surface area contributed by atoms with Gasteiger partial charge in [0.15, 0.2) is 0 Å². The lowest BCUT2D eigenvalue weighted by Crippen LogP contribution is -2.48. The van der Waals surface area contributed by atoms with Crippen LogP contribution < -0.4 is 9.47 Å². The molecular formula is C26H33N3O4. The summed E-state index contributed by atoms with van der Waals surface area (Å²) in [5.41, 5.74) is 1.25. The van der Waals surface area contributed by atoms with Crippen LogP contribution in [0.5, 0.6) is 11.5 Å². The van der Waals surface area contributed by atoms with Crippen molar-refractivity contribution in [3.05, 3.63) is 78.4 Å². The predicted octanol–water partition coefficient (Wildman–Crippen LogP) is 3.30. The van der Waals surface area contributed by atoms with Gasteiger partial charge < -0.3 is 23.9 Å². The van der Waals surface area contributed by atoms with E-state index in [-0.39, 0.29) is 13.2 Å². The molecular weight excluding hydrogens is 418 g/mol. The first-order chi connectivity index (χ1) is 16.1. The highest BCUT2D eigenvalue weighted by Gasteiger charge is 2.33. The van der Waals surface area contributed by atoms with E-state index in [0.717, 1.165) is 36.6 Å². The van der Waals surface area contributed by atoms with Gasteiger partial charge in [-0.15, -0.1) is 0 Å². The van der Waals surface area contributed by atoms with Gasteiger partial charge in [-0.25, -0.2) is 4.98 Å². The van der Waals surface area contributed by atoms with Crippen molar-refractivity contribution in [3.63, 3.8) is 0 Å². The highest BCUT2D eigenvalue weighted by atomic mass is 16.5. The van der Waals surface area contributed by atoms with E-state index >= 15 is 0 Å². The number of benzene rings is 2. The Hall–Kier alpha value is -2.87. The van der Waals surface area contributed by atoms with Gasteiger partial charge in [0.2, 0.25) is 0 Å². The maximum Gasteiger partial charge on any atom is 0.134 e. The number of nitrogens with zero attached hydrogens (tertiary/aromatic N) is 3. The quantitative estimate of drug-likeness (QED) is 0.477. The molecule has 1 aliphatic rings. The molecule has 0 aliphatic carbocycles. The minimum absolute atomic E-state index is 0.187. The maximum atomic E-state index is 11.2. The Labute approximate surface area is 195 Å². The third-order valence-corrected chi connectivity index (χ3v) is 5.66. The third kappa shape index (κ3) is 7.32. The molecule has 176 valence electrons. The minimum Gasteiger partial charge on any atom is -0.494 e. The Balaban J connectivity index is 1.28. The number of hydrogen-bond acceptors (Lipinski definition) is 6. The molecule has 7 nitrogen and oxygen atoms in total. The summed E-state index contributed by atoms with van der Waals surface area (Å²) in [4.78, 5) is 6.27. The van der Waals surface area contributed by atoms with Gasteiger partial charge in [-0.1, -0.05) is 29.8 Å². The van der Waals surface area contributed by atoms with Crippen LogP contribution in [0, 0.1) is 6.92 Å². The minimum atomic E-state index is -1.07. The molecule has 1 saturated heterocycles. The van der Waals surface area contributed by atoms with E-state index in [1.54, 1.807) is 6.20 Å². The molecule has 1 aromatic heterocycles. The van der Waals surface area contributed by atoms with Crippen LogP contribution in [-0.4, -0.2) is 64.7 Å². The summed E-state index contributed by atoms with van der Waals surface area (Å²) in [6.45, 7) is 6.54. The molecule has 7 heteroatoms. The van der Waals surface area contributed by atoms with Gasteiger partial charge in [0.05, 0.1) is 26.1 Å². The first kappa shape index (κ1) is 23.3. The Bertz CT molecular complexity index is 977. The standard InChI is InChI=1S/C26H33N3O4/c1-22-6-8-24(9-7-22)33-20-26(30)18-29(13-15-31-19-26)17-23-4-2-5-25(16-23)32-14-3-11-28-12-10-27-21-28/h2,4-10,12,16,21,30H,3,11,13-15,17-20H2,1H3. The Morgan fingerprint density at radius 3 is 2.82 bits per heavy atom. The number of rotatable bonds is 10. The van der Waals surface area contributed by atoms with Gasteiger partial charge in [-0.05, 0) is 43.2 Å². The molecule has 3 aromatic rings. The molecule has 0 spiro atoms. The van der Waals surface area contributed by atoms with Gasteiger partial charge in [0, 0.05) is 38.6 Å². The molecule has 2 heterocycles. The van der Waals surface area contributed by atoms with Crippen LogP contribution in [0.15, 0.2) is 67.3 Å². The van der Waals surface area contributed by atoms with Crippen LogP contribution in [-0.2, 0) is 17.8 Å². The fraction of sp³-hybridized carbons (Fsp3) is 0.423. The molecule has 1 atom stereocenters. The molecule has 1 N–H and O–H groups in total. The van der Waals surface area contributed by atoms with Crippen LogP contribution in [0.2, 0.25) is 0 Å². The van der Waals surface area contributed by atoms with E-state index in [1.807, 2.05) is 60.4 Å². The van der Waals surface area contributed by atoms with Crippen molar-refractivity contribution < 1.29 is 19.3 Å². The summed E-state index contributed by atoms with van der Waals surface area (Å²) < 4.78 is 19.6. The molecule has 0 amide bonds. The van der Waals surface area contributed by atoms with E-state index in [0.29, 0.717) is 26.3 Å². The topological polar surface area (TPSA) is 69.0 Å². The molecule has 4 rings (SSSR count). The van der Waals surface area contributed by atoms with Crippen LogP contribution in [0.1, 0.15) is 17.5 Å². The average Bonchev–Trinajstić information content (AvgIpc) is 3.26. The van der Waals surface area contributed by atoms with Crippen LogP contribution >= 0.6 is 0 Å². The lowest BCUT2D eigenvalue weighted by Gasteiger charge is -2.30. The van der Waals surface area contributed by atoms with Crippen molar-refractivity contribution in [1.29, 1.82) is 0 Å². The van der Waals surface area contributed by atoms with Gasteiger partial charge in [0.1, 0.15) is 23.7 Å². The van der Waals surface area contributed by atoms with Crippen molar-refractivity contribution in [1.82, 2.24) is 14.5 Å². The number of aliphatic hydroxyl groups is 1. The number of aryl methyl sites for hydroxylation is 2. The van der Waals surface area contributed by atoms with Crippen molar-refractivity contribution in [2.75, 3.05) is 39.5 Å². The Morgan fingerprint density at radius 1 is 1.12 bits per heavy atom. The van der Waals surface area contributed by atoms with Crippen molar-refractivity contribution in [2.45, 2.75) is 32.0 Å². The van der Waals surface area contributed by atoms with Crippen molar-refractivity contribution in [3.8, 4) is 11.5 Å². The summed E-state index contributed by atoms with van der Waals surface area (Å²) in [7, 11) is 0. The number of aromatic nitrogens is 2. The summed E-state index contributed by atoms with van der Waals surface area (Å²) in [6.07, 6.45) is 6.48. The summed E-state index contributed by atoms with van der Waals surface area (Å²) in [5.74, 6) is 1.62. The molecule has 1 aliphatic heterocycles. The molecule has 2 aromatic carbocycles. The molecule has 1 unspecified atom stereocenters. The Morgan fingerprint density at radius 2 is 2.00 bits per heavy atom. The average molecular weight is 452 g/mol. The zero-order valence-electron chi connectivity index (χ0n) is 19.2. The second-order valence-corrected chi connectivity index (χ2v) is 8.74. The van der Waals surface area contributed by atoms with Crippen LogP contribution in [0.3, 0.4) is 0 Å². The van der Waals surface area contributed by atoms with Gasteiger partial charge in [-0.2, -0.15) is 0 Å². The smallest absolute Gasteiger partial charge is 0.134 e. The van der Waals surface area contributed by atoms with Crippen LogP contribution in [0.25, 0.3) is 0 Å². The number of imidazole rings is 1. The number of β-amino-alcohol motifs (C(OH)–C–C–N with tert-alkyl or cyclic N) is 1. The maximum absolute atomic E-state index is 11.2. The van der Waals surface area contributed by atoms with Crippen LogP contribution in [0.4, 0.5) is 0 Å². The lowest BCUT2D eigenvalue weighted by atomic mass is 10.1. The Kier molecular flexibility index (Phi) is 7.99. The number of hydrogen-bond donors (Lipinski definition) is 1. The highest BCUT2D eigenvalue weighted by Crippen LogP contribution is 2.20. The fourth-order valence-electron chi connectivity index (χ4n) is 3.92. The number of ether oxygens (including phenoxy) is 3. The van der Waals surface area contributed by atoms with E-state index in [2.05, 4.69) is 22.0 Å². The predicted molar refractivity (Wildman–Crippen MR) is 127 cm³/mol. The monoisotopic (exact) mass is 451 g/mol. The zero-order chi connectivity index (χ0) is 22.9. The zero-order valence-corrected chi connectivity index (χ0v) is 19.2. The molecule has 33 heavy (non-hydrogen) atoms. The normalized spacial score (nSPS) is 19.2. The summed E-state index contributed by atoms with van der Waals surface area (Å²) in [6, 6.07) is 16.0. The summed E-state index contributed by atoms with van der Waals surface area (Å²) in [5, 5.41) is 11.2. The fourth-order valence-corrected chi connectivity index (χ4v) is 3.92. The van der Waals surface area contributed by atoms with Gasteiger partial charge in [-0.3, -0.25) is 4.90 Å². The molecule has 0 saturated carbocycles. The van der Waals surface area contributed by atoms with E-state index in [4.69, 9.17) is 14.2 Å². The van der Waals surface area contributed by atoms with Crippen molar-refractivity contribution >= 4 is 0 Å². The second kappa shape index (κ2) is 11.3. The van der Waals surface area contributed by atoms with Gasteiger partial charge >= 0.3 is 0 Å². The molecule has 0 bridgehead atoms. The first-order valence-electron chi connectivity index (χ1n) is 11.5. The second-order valence-electron chi connectivity index (χ2n) is 8.74.